The third-order valence-corrected chi connectivity index (χ3v) is 5.61. The molecular weight excluding hydrogens is 515 g/mol. The van der Waals surface area contributed by atoms with Gasteiger partial charge in [-0.2, -0.15) is 0 Å². The van der Waals surface area contributed by atoms with Crippen LogP contribution in [0.4, 0.5) is 0 Å². The molecule has 3 rings (SSSR count). The maximum atomic E-state index is 12.7. The van der Waals surface area contributed by atoms with E-state index >= 15 is 0 Å². The molecule has 1 aliphatic rings. The lowest BCUT2D eigenvalue weighted by atomic mass is 10.1. The third-order valence-electron chi connectivity index (χ3n) is 5.61. The number of nitrogens with one attached hydrogen (secondary N) is 1. The predicted octanol–water partition coefficient (Wildman–Crippen LogP) is 3.77. The Hall–Kier alpha value is -2.13. The number of rotatable bonds is 9. The van der Waals surface area contributed by atoms with E-state index in [1.165, 1.54) is 5.56 Å². The molecule has 7 heteroatoms. The molecule has 174 valence electrons. The summed E-state index contributed by atoms with van der Waals surface area (Å²) in [6, 6.07) is 20.3. The second-order valence-corrected chi connectivity index (χ2v) is 7.90. The average Bonchev–Trinajstić information content (AvgIpc) is 3.28. The van der Waals surface area contributed by atoms with Gasteiger partial charge in [0.15, 0.2) is 5.96 Å². The molecule has 1 N–H and O–H groups in total. The largest absolute Gasteiger partial charge is 0.376 e. The predicted molar refractivity (Wildman–Crippen MR) is 140 cm³/mol. The zero-order chi connectivity index (χ0) is 21.9. The van der Waals surface area contributed by atoms with Gasteiger partial charge < -0.3 is 19.9 Å². The fourth-order valence-corrected chi connectivity index (χ4v) is 3.86. The summed E-state index contributed by atoms with van der Waals surface area (Å²) < 4.78 is 5.92. The summed E-state index contributed by atoms with van der Waals surface area (Å²) >= 11 is 0. The maximum Gasteiger partial charge on any atom is 0.242 e. The van der Waals surface area contributed by atoms with Crippen LogP contribution < -0.4 is 5.32 Å². The van der Waals surface area contributed by atoms with Gasteiger partial charge in [-0.05, 0) is 24.5 Å². The molecule has 1 fully saturated rings. The SMILES string of the molecule is CCN(Cc1ccccc1)C(=O)CNC(=NC)N1CCC(COCc2ccccc2)C1.I. The van der Waals surface area contributed by atoms with Crippen LogP contribution in [0, 0.1) is 5.92 Å². The highest BCUT2D eigenvalue weighted by Gasteiger charge is 2.25. The van der Waals surface area contributed by atoms with E-state index in [-0.39, 0.29) is 36.4 Å². The van der Waals surface area contributed by atoms with Gasteiger partial charge in [-0.25, -0.2) is 0 Å². The summed E-state index contributed by atoms with van der Waals surface area (Å²) in [4.78, 5) is 21.2. The fraction of sp³-hybridized carbons (Fsp3) is 0.440. The van der Waals surface area contributed by atoms with Gasteiger partial charge in [0, 0.05) is 39.1 Å². The first-order valence-corrected chi connectivity index (χ1v) is 11.1. The van der Waals surface area contributed by atoms with Gasteiger partial charge in [-0.1, -0.05) is 60.7 Å². The van der Waals surface area contributed by atoms with Crippen molar-refractivity contribution in [1.82, 2.24) is 15.1 Å². The number of likely N-dealkylation sites (tertiary alicyclic amines) is 1. The second kappa shape index (κ2) is 14.1. The van der Waals surface area contributed by atoms with Crippen molar-refractivity contribution in [2.24, 2.45) is 10.9 Å². The van der Waals surface area contributed by atoms with Gasteiger partial charge in [0.25, 0.3) is 0 Å². The molecule has 0 bridgehead atoms. The second-order valence-electron chi connectivity index (χ2n) is 7.90. The molecule has 0 aliphatic carbocycles. The molecule has 0 radical (unpaired) electrons. The number of carbonyl (C=O) groups is 1. The van der Waals surface area contributed by atoms with E-state index in [0.29, 0.717) is 25.6 Å². The molecule has 2 aromatic rings. The van der Waals surface area contributed by atoms with Crippen molar-refractivity contribution in [3.8, 4) is 0 Å². The van der Waals surface area contributed by atoms with Gasteiger partial charge >= 0.3 is 0 Å². The highest BCUT2D eigenvalue weighted by molar-refractivity contribution is 14.0. The first kappa shape index (κ1) is 26.1. The van der Waals surface area contributed by atoms with Gasteiger partial charge in [-0.15, -0.1) is 24.0 Å². The number of benzene rings is 2. The minimum absolute atomic E-state index is 0. The van der Waals surface area contributed by atoms with Crippen LogP contribution in [-0.4, -0.2) is 61.5 Å². The highest BCUT2D eigenvalue weighted by atomic mass is 127. The number of ether oxygens (including phenoxy) is 1. The summed E-state index contributed by atoms with van der Waals surface area (Å²) in [6.45, 7) is 6.77. The Morgan fingerprint density at radius 3 is 2.41 bits per heavy atom. The zero-order valence-corrected chi connectivity index (χ0v) is 21.4. The molecule has 1 unspecified atom stereocenters. The van der Waals surface area contributed by atoms with Crippen LogP contribution in [0.1, 0.15) is 24.5 Å². The summed E-state index contributed by atoms with van der Waals surface area (Å²) in [6.07, 6.45) is 1.07. The summed E-state index contributed by atoms with van der Waals surface area (Å²) in [7, 11) is 1.77. The minimum Gasteiger partial charge on any atom is -0.376 e. The number of guanidine groups is 1. The van der Waals surface area contributed by atoms with Crippen molar-refractivity contribution in [3.05, 3.63) is 71.8 Å². The van der Waals surface area contributed by atoms with Crippen LogP contribution >= 0.6 is 24.0 Å². The summed E-state index contributed by atoms with van der Waals surface area (Å²) in [5, 5.41) is 3.26. The Balaban J connectivity index is 0.00000363. The Kier molecular flexibility index (Phi) is 11.5. The van der Waals surface area contributed by atoms with E-state index in [1.807, 2.05) is 60.4 Å². The van der Waals surface area contributed by atoms with E-state index in [2.05, 4.69) is 27.3 Å². The normalized spacial score (nSPS) is 15.9. The van der Waals surface area contributed by atoms with Gasteiger partial charge in [0.1, 0.15) is 0 Å². The number of amides is 1. The molecule has 0 aromatic heterocycles. The smallest absolute Gasteiger partial charge is 0.242 e. The Morgan fingerprint density at radius 1 is 1.12 bits per heavy atom. The standard InChI is InChI=1S/C25H34N4O2.HI/c1-3-28(17-21-10-6-4-7-11-21)24(30)16-27-25(26-2)29-15-14-23(18-29)20-31-19-22-12-8-5-9-13-22;/h4-13,23H,3,14-20H2,1-2H3,(H,26,27);1H. The zero-order valence-electron chi connectivity index (χ0n) is 19.1. The van der Waals surface area contributed by atoms with Crippen LogP contribution in [0.15, 0.2) is 65.7 Å². The Labute approximate surface area is 209 Å². The fourth-order valence-electron chi connectivity index (χ4n) is 3.86. The number of likely N-dealkylation sites (N-methyl/N-ethyl adjacent to an activating group) is 1. The van der Waals surface area contributed by atoms with E-state index in [1.54, 1.807) is 7.05 Å². The molecular formula is C25H35IN4O2. The molecule has 1 atom stereocenters. The average molecular weight is 550 g/mol. The van der Waals surface area contributed by atoms with Crippen molar-refractivity contribution in [2.75, 3.05) is 39.8 Å². The quantitative estimate of drug-likeness (QED) is 0.294. The van der Waals surface area contributed by atoms with Crippen molar-refractivity contribution < 1.29 is 9.53 Å². The highest BCUT2D eigenvalue weighted by Crippen LogP contribution is 2.17. The molecule has 32 heavy (non-hydrogen) atoms. The molecule has 0 saturated carbocycles. The number of aliphatic imine (C=N–C) groups is 1. The van der Waals surface area contributed by atoms with Crippen molar-refractivity contribution in [1.29, 1.82) is 0 Å². The Morgan fingerprint density at radius 2 is 1.78 bits per heavy atom. The first-order chi connectivity index (χ1) is 15.2. The van der Waals surface area contributed by atoms with Crippen molar-refractivity contribution >= 4 is 35.8 Å². The van der Waals surface area contributed by atoms with E-state index in [9.17, 15) is 4.79 Å². The van der Waals surface area contributed by atoms with Crippen LogP contribution in [0.25, 0.3) is 0 Å². The molecule has 0 spiro atoms. The number of halogens is 1. The van der Waals surface area contributed by atoms with Gasteiger partial charge in [-0.3, -0.25) is 9.79 Å². The number of hydrogen-bond acceptors (Lipinski definition) is 3. The molecule has 2 aromatic carbocycles. The van der Waals surface area contributed by atoms with Crippen molar-refractivity contribution in [2.45, 2.75) is 26.5 Å². The number of hydrogen-bond donors (Lipinski definition) is 1. The monoisotopic (exact) mass is 550 g/mol. The first-order valence-electron chi connectivity index (χ1n) is 11.1. The van der Waals surface area contributed by atoms with Crippen LogP contribution in [0.2, 0.25) is 0 Å². The minimum atomic E-state index is 0. The van der Waals surface area contributed by atoms with Crippen molar-refractivity contribution in [3.63, 3.8) is 0 Å². The van der Waals surface area contributed by atoms with E-state index in [4.69, 9.17) is 4.74 Å². The molecule has 1 aliphatic heterocycles. The topological polar surface area (TPSA) is 57.2 Å². The lowest BCUT2D eigenvalue weighted by molar-refractivity contribution is -0.130. The molecule has 1 heterocycles. The van der Waals surface area contributed by atoms with E-state index in [0.717, 1.165) is 37.6 Å². The summed E-state index contributed by atoms with van der Waals surface area (Å²) in [5.74, 6) is 1.34. The van der Waals surface area contributed by atoms with Crippen LogP contribution in [-0.2, 0) is 22.7 Å². The number of carbonyl (C=O) groups excluding carboxylic acids is 1. The lowest BCUT2D eigenvalue weighted by Gasteiger charge is -2.24. The van der Waals surface area contributed by atoms with Crippen LogP contribution in [0.5, 0.6) is 0 Å². The van der Waals surface area contributed by atoms with Gasteiger partial charge in [0.05, 0.1) is 19.8 Å². The van der Waals surface area contributed by atoms with Crippen LogP contribution in [0.3, 0.4) is 0 Å². The van der Waals surface area contributed by atoms with Gasteiger partial charge in [0.2, 0.25) is 5.91 Å². The summed E-state index contributed by atoms with van der Waals surface area (Å²) in [5.41, 5.74) is 2.34. The molecule has 1 saturated heterocycles. The maximum absolute atomic E-state index is 12.7. The lowest BCUT2D eigenvalue weighted by Crippen LogP contribution is -2.45. The van der Waals surface area contributed by atoms with E-state index < -0.39 is 0 Å². The third kappa shape index (κ3) is 8.09. The molecule has 6 nitrogen and oxygen atoms in total. The number of nitrogens with zero attached hydrogens (tertiary/aromatic N) is 3. The molecule has 1 amide bonds. The Bertz CT molecular complexity index is 832.